The van der Waals surface area contributed by atoms with Gasteiger partial charge in [0.15, 0.2) is 0 Å². The summed E-state index contributed by atoms with van der Waals surface area (Å²) in [5, 5.41) is 18.9. The van der Waals surface area contributed by atoms with Gasteiger partial charge >= 0.3 is 0 Å². The summed E-state index contributed by atoms with van der Waals surface area (Å²) in [6.07, 6.45) is -0.245. The molecule has 0 spiro atoms. The number of rotatable bonds is 4. The molecule has 0 aromatic heterocycles. The molecular formula is C11H24N2O2. The largest absolute Gasteiger partial charge is 0.392 e. The predicted octanol–water partition coefficient (Wildman–Crippen LogP) is -0.244. The van der Waals surface area contributed by atoms with Crippen LogP contribution in [0.5, 0.6) is 0 Å². The maximum Gasteiger partial charge on any atom is 0.0718 e. The number of aliphatic hydroxyl groups excluding tert-OH is 1. The Bertz CT molecular complexity index is 182. The van der Waals surface area contributed by atoms with Crippen molar-refractivity contribution in [3.05, 3.63) is 0 Å². The lowest BCUT2D eigenvalue weighted by atomic mass is 10.1. The van der Waals surface area contributed by atoms with Gasteiger partial charge in [0.05, 0.1) is 11.7 Å². The second kappa shape index (κ2) is 5.25. The topological polar surface area (TPSA) is 46.9 Å². The van der Waals surface area contributed by atoms with Crippen LogP contribution < -0.4 is 0 Å². The minimum Gasteiger partial charge on any atom is -0.392 e. The van der Waals surface area contributed by atoms with Gasteiger partial charge in [-0.2, -0.15) is 0 Å². The summed E-state index contributed by atoms with van der Waals surface area (Å²) in [6.45, 7) is 10.9. The van der Waals surface area contributed by atoms with Gasteiger partial charge in [-0.15, -0.1) is 0 Å². The van der Waals surface area contributed by atoms with Crippen molar-refractivity contribution in [2.75, 3.05) is 39.3 Å². The number of β-amino-alcohol motifs (C(OH)–C–C–N with tert-alkyl or cyclic N) is 2. The number of nitrogens with zero attached hydrogens (tertiary/aromatic N) is 2. The Labute approximate surface area is 92.5 Å². The fourth-order valence-corrected chi connectivity index (χ4v) is 2.05. The van der Waals surface area contributed by atoms with E-state index in [0.717, 1.165) is 39.3 Å². The quantitative estimate of drug-likeness (QED) is 0.681. The van der Waals surface area contributed by atoms with Gasteiger partial charge in [0.2, 0.25) is 0 Å². The van der Waals surface area contributed by atoms with E-state index in [1.165, 1.54) is 0 Å². The maximum atomic E-state index is 9.69. The lowest BCUT2D eigenvalue weighted by Gasteiger charge is -2.37. The molecule has 0 unspecified atom stereocenters. The summed E-state index contributed by atoms with van der Waals surface area (Å²) in [5.41, 5.74) is -0.605. The van der Waals surface area contributed by atoms with E-state index in [1.54, 1.807) is 0 Å². The van der Waals surface area contributed by atoms with Crippen LogP contribution >= 0.6 is 0 Å². The van der Waals surface area contributed by atoms with Crippen LogP contribution in [0, 0.1) is 0 Å². The van der Waals surface area contributed by atoms with Gasteiger partial charge in [0, 0.05) is 39.3 Å². The predicted molar refractivity (Wildman–Crippen MR) is 60.9 cm³/mol. The highest BCUT2D eigenvalue weighted by Gasteiger charge is 2.22. The summed E-state index contributed by atoms with van der Waals surface area (Å²) in [4.78, 5) is 4.55. The molecule has 1 aliphatic heterocycles. The molecule has 0 amide bonds. The number of piperazine rings is 1. The molecule has 1 aliphatic rings. The van der Waals surface area contributed by atoms with Crippen molar-refractivity contribution >= 4 is 0 Å². The molecular weight excluding hydrogens is 192 g/mol. The Morgan fingerprint density at radius 3 is 2.00 bits per heavy atom. The van der Waals surface area contributed by atoms with E-state index in [9.17, 15) is 10.2 Å². The highest BCUT2D eigenvalue weighted by molar-refractivity contribution is 4.78. The van der Waals surface area contributed by atoms with Crippen LogP contribution in [0.15, 0.2) is 0 Å². The minimum atomic E-state index is -0.605. The maximum absolute atomic E-state index is 9.69. The van der Waals surface area contributed by atoms with E-state index in [2.05, 4.69) is 9.80 Å². The van der Waals surface area contributed by atoms with Crippen molar-refractivity contribution in [3.8, 4) is 0 Å². The minimum absolute atomic E-state index is 0.245. The van der Waals surface area contributed by atoms with E-state index in [1.807, 2.05) is 20.8 Å². The zero-order valence-electron chi connectivity index (χ0n) is 10.1. The van der Waals surface area contributed by atoms with Crippen LogP contribution in [-0.4, -0.2) is 71.0 Å². The second-order valence-corrected chi connectivity index (χ2v) is 5.24. The summed E-state index contributed by atoms with van der Waals surface area (Å²) in [5.74, 6) is 0. The third kappa shape index (κ3) is 5.47. The van der Waals surface area contributed by atoms with E-state index in [-0.39, 0.29) is 6.10 Å². The Hall–Kier alpha value is -0.160. The molecule has 4 heteroatoms. The molecule has 1 saturated heterocycles. The molecule has 1 fully saturated rings. The van der Waals surface area contributed by atoms with E-state index in [0.29, 0.717) is 0 Å². The second-order valence-electron chi connectivity index (χ2n) is 5.24. The van der Waals surface area contributed by atoms with Crippen molar-refractivity contribution < 1.29 is 10.2 Å². The molecule has 2 N–H and O–H groups in total. The molecule has 1 atom stereocenters. The fraction of sp³-hybridized carbons (Fsp3) is 1.00. The van der Waals surface area contributed by atoms with Crippen LogP contribution in [0.2, 0.25) is 0 Å². The Balaban J connectivity index is 2.24. The van der Waals surface area contributed by atoms with E-state index < -0.39 is 5.60 Å². The summed E-state index contributed by atoms with van der Waals surface area (Å²) in [6, 6.07) is 0. The van der Waals surface area contributed by atoms with Gasteiger partial charge in [-0.05, 0) is 20.8 Å². The number of aliphatic hydroxyl groups is 2. The average molecular weight is 216 g/mol. The summed E-state index contributed by atoms with van der Waals surface area (Å²) in [7, 11) is 0. The zero-order valence-corrected chi connectivity index (χ0v) is 10.1. The lowest BCUT2D eigenvalue weighted by Crippen LogP contribution is -2.51. The van der Waals surface area contributed by atoms with Crippen molar-refractivity contribution in [1.29, 1.82) is 0 Å². The number of hydrogen-bond acceptors (Lipinski definition) is 4. The van der Waals surface area contributed by atoms with Crippen LogP contribution in [0.25, 0.3) is 0 Å². The summed E-state index contributed by atoms with van der Waals surface area (Å²) < 4.78 is 0. The standard InChI is InChI=1S/C11H24N2O2/c1-10(14)8-12-4-6-13(7-5-12)9-11(2,3)15/h10,14-15H,4-9H2,1-3H3/t10-/m0/s1. The molecule has 1 rings (SSSR count). The average Bonchev–Trinajstić information content (AvgIpc) is 2.05. The van der Waals surface area contributed by atoms with E-state index >= 15 is 0 Å². The normalized spacial score (nSPS) is 23.0. The molecule has 0 radical (unpaired) electrons. The molecule has 90 valence electrons. The first-order valence-corrected chi connectivity index (χ1v) is 5.72. The van der Waals surface area contributed by atoms with Crippen LogP contribution in [0.4, 0.5) is 0 Å². The van der Waals surface area contributed by atoms with Gasteiger partial charge in [0.25, 0.3) is 0 Å². The zero-order chi connectivity index (χ0) is 11.5. The van der Waals surface area contributed by atoms with Crippen LogP contribution in [-0.2, 0) is 0 Å². The molecule has 0 bridgehead atoms. The third-order valence-corrected chi connectivity index (χ3v) is 2.60. The highest BCUT2D eigenvalue weighted by Crippen LogP contribution is 2.08. The smallest absolute Gasteiger partial charge is 0.0718 e. The first-order chi connectivity index (χ1) is 6.87. The molecule has 0 saturated carbocycles. The van der Waals surface area contributed by atoms with Gasteiger partial charge in [-0.1, -0.05) is 0 Å². The lowest BCUT2D eigenvalue weighted by molar-refractivity contribution is 0.0114. The first-order valence-electron chi connectivity index (χ1n) is 5.72. The molecule has 15 heavy (non-hydrogen) atoms. The molecule has 0 aromatic rings. The number of hydrogen-bond donors (Lipinski definition) is 2. The van der Waals surface area contributed by atoms with E-state index in [4.69, 9.17) is 0 Å². The van der Waals surface area contributed by atoms with Gasteiger partial charge in [-0.3, -0.25) is 9.80 Å². The van der Waals surface area contributed by atoms with Crippen molar-refractivity contribution in [2.24, 2.45) is 0 Å². The molecule has 0 aromatic carbocycles. The third-order valence-electron chi connectivity index (χ3n) is 2.60. The van der Waals surface area contributed by atoms with Crippen LogP contribution in [0.3, 0.4) is 0 Å². The highest BCUT2D eigenvalue weighted by atomic mass is 16.3. The van der Waals surface area contributed by atoms with Gasteiger partial charge < -0.3 is 10.2 Å². The molecule has 0 aliphatic carbocycles. The summed E-state index contributed by atoms with van der Waals surface area (Å²) >= 11 is 0. The Morgan fingerprint density at radius 1 is 1.13 bits per heavy atom. The SMILES string of the molecule is C[C@H](O)CN1CCN(CC(C)(C)O)CC1. The molecule has 4 nitrogen and oxygen atoms in total. The van der Waals surface area contributed by atoms with Crippen LogP contribution in [0.1, 0.15) is 20.8 Å². The van der Waals surface area contributed by atoms with Crippen molar-refractivity contribution in [1.82, 2.24) is 9.80 Å². The fourth-order valence-electron chi connectivity index (χ4n) is 2.05. The Morgan fingerprint density at radius 2 is 1.60 bits per heavy atom. The van der Waals surface area contributed by atoms with Gasteiger partial charge in [-0.25, -0.2) is 0 Å². The van der Waals surface area contributed by atoms with Gasteiger partial charge in [0.1, 0.15) is 0 Å². The first kappa shape index (κ1) is 12.9. The van der Waals surface area contributed by atoms with Crippen molar-refractivity contribution in [3.63, 3.8) is 0 Å². The Kier molecular flexibility index (Phi) is 4.52. The van der Waals surface area contributed by atoms with Crippen molar-refractivity contribution in [2.45, 2.75) is 32.5 Å². The monoisotopic (exact) mass is 216 g/mol. The molecule has 1 heterocycles.